The Morgan fingerprint density at radius 3 is 3.07 bits per heavy atom. The molecule has 3 heteroatoms. The molecule has 0 radical (unpaired) electrons. The van der Waals surface area contributed by atoms with Crippen molar-refractivity contribution < 1.29 is 0 Å². The fraction of sp³-hybridized carbons (Fsp3) is 1.00. The third kappa shape index (κ3) is 2.05. The molecule has 2 aliphatic heterocycles. The number of piperazine rings is 1. The molecule has 15 heavy (non-hydrogen) atoms. The molecule has 0 aromatic heterocycles. The molecule has 2 saturated heterocycles. The van der Waals surface area contributed by atoms with E-state index >= 15 is 0 Å². The first-order chi connectivity index (χ1) is 7.18. The van der Waals surface area contributed by atoms with Crippen LogP contribution < -0.4 is 11.1 Å². The molecule has 0 aliphatic carbocycles. The fourth-order valence-corrected chi connectivity index (χ4v) is 3.37. The molecular weight excluding hydrogens is 186 g/mol. The zero-order valence-corrected chi connectivity index (χ0v) is 10.1. The Labute approximate surface area is 93.4 Å². The molecule has 3 atom stereocenters. The normalized spacial score (nSPS) is 41.8. The van der Waals surface area contributed by atoms with E-state index < -0.39 is 0 Å². The number of piperidine rings is 1. The summed E-state index contributed by atoms with van der Waals surface area (Å²) in [4.78, 5) is 2.61. The van der Waals surface area contributed by atoms with Crippen LogP contribution in [-0.2, 0) is 0 Å². The van der Waals surface area contributed by atoms with Crippen molar-refractivity contribution in [2.75, 3.05) is 20.1 Å². The SMILES string of the molecule is CCCCC12CNCC(CC(N)C1)N2C. The van der Waals surface area contributed by atoms with Crippen LogP contribution in [0, 0.1) is 0 Å². The summed E-state index contributed by atoms with van der Waals surface area (Å²) in [6.07, 6.45) is 6.25. The first-order valence-electron chi connectivity index (χ1n) is 6.37. The lowest BCUT2D eigenvalue weighted by atomic mass is 9.76. The second-order valence-corrected chi connectivity index (χ2v) is 5.42. The van der Waals surface area contributed by atoms with Crippen molar-refractivity contribution in [2.45, 2.75) is 56.7 Å². The van der Waals surface area contributed by atoms with Gasteiger partial charge in [0.1, 0.15) is 0 Å². The molecule has 3 N–H and O–H groups in total. The number of likely N-dealkylation sites (N-methyl/N-ethyl adjacent to an activating group) is 1. The van der Waals surface area contributed by atoms with Crippen LogP contribution in [0.4, 0.5) is 0 Å². The predicted molar refractivity (Wildman–Crippen MR) is 63.9 cm³/mol. The van der Waals surface area contributed by atoms with E-state index in [2.05, 4.69) is 24.2 Å². The molecule has 2 heterocycles. The first kappa shape index (κ1) is 11.4. The van der Waals surface area contributed by atoms with E-state index in [1.807, 2.05) is 0 Å². The average Bonchev–Trinajstić information content (AvgIpc) is 2.18. The molecule has 88 valence electrons. The lowest BCUT2D eigenvalue weighted by Gasteiger charge is -2.55. The van der Waals surface area contributed by atoms with E-state index in [1.54, 1.807) is 0 Å². The number of hydrogen-bond donors (Lipinski definition) is 2. The average molecular weight is 211 g/mol. The number of fused-ring (bicyclic) bond motifs is 2. The van der Waals surface area contributed by atoms with Crippen LogP contribution in [-0.4, -0.2) is 42.7 Å². The van der Waals surface area contributed by atoms with Gasteiger partial charge in [0.15, 0.2) is 0 Å². The minimum Gasteiger partial charge on any atom is -0.328 e. The van der Waals surface area contributed by atoms with Crippen LogP contribution in [0.3, 0.4) is 0 Å². The second kappa shape index (κ2) is 4.40. The van der Waals surface area contributed by atoms with Crippen molar-refractivity contribution in [3.8, 4) is 0 Å². The Morgan fingerprint density at radius 2 is 2.33 bits per heavy atom. The standard InChI is InChI=1S/C12H25N3/c1-3-4-5-12-7-10(13)6-11(15(12)2)8-14-9-12/h10-11,14H,3-9,13H2,1-2H3. The molecule has 2 aliphatic rings. The molecule has 0 spiro atoms. The highest BCUT2D eigenvalue weighted by atomic mass is 15.3. The maximum Gasteiger partial charge on any atom is 0.0349 e. The van der Waals surface area contributed by atoms with Gasteiger partial charge in [0.2, 0.25) is 0 Å². The van der Waals surface area contributed by atoms with Crippen molar-refractivity contribution in [1.29, 1.82) is 0 Å². The molecular formula is C12H25N3. The molecule has 2 bridgehead atoms. The minimum absolute atomic E-state index is 0.358. The van der Waals surface area contributed by atoms with Gasteiger partial charge in [0.25, 0.3) is 0 Å². The van der Waals surface area contributed by atoms with Crippen molar-refractivity contribution in [3.63, 3.8) is 0 Å². The Kier molecular flexibility index (Phi) is 3.33. The summed E-state index contributed by atoms with van der Waals surface area (Å²) in [6.45, 7) is 4.53. The predicted octanol–water partition coefficient (Wildman–Crippen LogP) is 0.940. The third-order valence-electron chi connectivity index (χ3n) is 4.34. The summed E-state index contributed by atoms with van der Waals surface area (Å²) >= 11 is 0. The zero-order chi connectivity index (χ0) is 10.9. The van der Waals surface area contributed by atoms with Gasteiger partial charge in [0.05, 0.1) is 0 Å². The van der Waals surface area contributed by atoms with Crippen molar-refractivity contribution >= 4 is 0 Å². The molecule has 3 nitrogen and oxygen atoms in total. The molecule has 0 aromatic carbocycles. The van der Waals surface area contributed by atoms with E-state index in [1.165, 1.54) is 25.7 Å². The summed E-state index contributed by atoms with van der Waals surface area (Å²) in [6, 6.07) is 1.09. The summed E-state index contributed by atoms with van der Waals surface area (Å²) in [7, 11) is 2.30. The number of rotatable bonds is 3. The molecule has 2 fully saturated rings. The van der Waals surface area contributed by atoms with Crippen LogP contribution >= 0.6 is 0 Å². The van der Waals surface area contributed by atoms with E-state index in [0.29, 0.717) is 17.6 Å². The summed E-state index contributed by atoms with van der Waals surface area (Å²) < 4.78 is 0. The third-order valence-corrected chi connectivity index (χ3v) is 4.34. The van der Waals surface area contributed by atoms with E-state index in [-0.39, 0.29) is 0 Å². The fourth-order valence-electron chi connectivity index (χ4n) is 3.37. The topological polar surface area (TPSA) is 41.3 Å². The number of unbranched alkanes of at least 4 members (excludes halogenated alkanes) is 1. The van der Waals surface area contributed by atoms with Gasteiger partial charge in [-0.05, 0) is 26.3 Å². The lowest BCUT2D eigenvalue weighted by molar-refractivity contribution is -0.0198. The molecule has 2 rings (SSSR count). The van der Waals surface area contributed by atoms with Crippen LogP contribution in [0.2, 0.25) is 0 Å². The highest BCUT2D eigenvalue weighted by Gasteiger charge is 2.45. The molecule has 0 amide bonds. The molecule has 0 saturated carbocycles. The lowest BCUT2D eigenvalue weighted by Crippen LogP contribution is -2.69. The Bertz CT molecular complexity index is 219. The monoisotopic (exact) mass is 211 g/mol. The van der Waals surface area contributed by atoms with Crippen molar-refractivity contribution in [2.24, 2.45) is 5.73 Å². The van der Waals surface area contributed by atoms with Crippen molar-refractivity contribution in [1.82, 2.24) is 10.2 Å². The first-order valence-corrected chi connectivity index (χ1v) is 6.37. The van der Waals surface area contributed by atoms with Gasteiger partial charge in [-0.15, -0.1) is 0 Å². The Morgan fingerprint density at radius 1 is 1.53 bits per heavy atom. The molecule has 3 unspecified atom stereocenters. The number of nitrogens with zero attached hydrogens (tertiary/aromatic N) is 1. The van der Waals surface area contributed by atoms with Gasteiger partial charge in [-0.1, -0.05) is 19.8 Å². The zero-order valence-electron chi connectivity index (χ0n) is 10.1. The number of nitrogens with one attached hydrogen (secondary N) is 1. The van der Waals surface area contributed by atoms with Crippen LogP contribution in [0.15, 0.2) is 0 Å². The van der Waals surface area contributed by atoms with E-state index in [9.17, 15) is 0 Å². The van der Waals surface area contributed by atoms with Gasteiger partial charge in [-0.3, -0.25) is 4.90 Å². The van der Waals surface area contributed by atoms with E-state index in [0.717, 1.165) is 19.5 Å². The van der Waals surface area contributed by atoms with Crippen LogP contribution in [0.25, 0.3) is 0 Å². The Balaban J connectivity index is 2.10. The number of hydrogen-bond acceptors (Lipinski definition) is 3. The minimum atomic E-state index is 0.358. The molecule has 0 aromatic rings. The Hall–Kier alpha value is -0.120. The van der Waals surface area contributed by atoms with Gasteiger partial charge in [0, 0.05) is 30.7 Å². The smallest absolute Gasteiger partial charge is 0.0349 e. The summed E-state index contributed by atoms with van der Waals surface area (Å²) in [5.74, 6) is 0. The maximum atomic E-state index is 6.19. The quantitative estimate of drug-likeness (QED) is 0.730. The second-order valence-electron chi connectivity index (χ2n) is 5.42. The maximum absolute atomic E-state index is 6.19. The van der Waals surface area contributed by atoms with Gasteiger partial charge < -0.3 is 11.1 Å². The van der Waals surface area contributed by atoms with E-state index in [4.69, 9.17) is 5.73 Å². The van der Waals surface area contributed by atoms with Crippen molar-refractivity contribution in [3.05, 3.63) is 0 Å². The highest BCUT2D eigenvalue weighted by Crippen LogP contribution is 2.36. The van der Waals surface area contributed by atoms with Crippen LogP contribution in [0.5, 0.6) is 0 Å². The van der Waals surface area contributed by atoms with Gasteiger partial charge in [-0.2, -0.15) is 0 Å². The van der Waals surface area contributed by atoms with Gasteiger partial charge >= 0.3 is 0 Å². The highest BCUT2D eigenvalue weighted by molar-refractivity contribution is 5.05. The number of nitrogens with two attached hydrogens (primary N) is 1. The largest absolute Gasteiger partial charge is 0.328 e. The van der Waals surface area contributed by atoms with Crippen LogP contribution in [0.1, 0.15) is 39.0 Å². The van der Waals surface area contributed by atoms with Gasteiger partial charge in [-0.25, -0.2) is 0 Å². The summed E-state index contributed by atoms with van der Waals surface area (Å²) in [5, 5.41) is 3.59. The summed E-state index contributed by atoms with van der Waals surface area (Å²) in [5.41, 5.74) is 6.55.